The van der Waals surface area contributed by atoms with E-state index in [0.29, 0.717) is 16.8 Å². The number of rotatable bonds is 4. The number of hydrogen-bond acceptors (Lipinski definition) is 6. The summed E-state index contributed by atoms with van der Waals surface area (Å²) < 4.78 is 0. The van der Waals surface area contributed by atoms with Gasteiger partial charge in [0.05, 0.1) is 10.5 Å². The normalized spacial score (nSPS) is 9.10. The number of nitriles is 1. The average Bonchev–Trinajstić information content (AvgIpc) is 2.81. The number of phenols is 1. The Morgan fingerprint density at radius 2 is 1.58 bits per heavy atom. The molecule has 3 aromatic rings. The van der Waals surface area contributed by atoms with Gasteiger partial charge in [-0.15, -0.1) is 0 Å². The Balaban J connectivity index is 0.000000303. The van der Waals surface area contributed by atoms with Crippen LogP contribution in [0.15, 0.2) is 66.7 Å². The lowest BCUT2D eigenvalue weighted by molar-refractivity contribution is -0.384. The fraction of sp³-hybridized carbons (Fsp3) is 0.125. The maximum absolute atomic E-state index is 10.5. The zero-order chi connectivity index (χ0) is 23.4. The van der Waals surface area contributed by atoms with Crippen LogP contribution in [0.3, 0.4) is 0 Å². The maximum Gasteiger partial charge on any atom is 0.269 e. The second-order valence-electron chi connectivity index (χ2n) is 6.01. The Hall–Kier alpha value is -4.31. The number of phenolic OH excluding ortho intramolecular Hbond substituents is 1. The zero-order valence-electron chi connectivity index (χ0n) is 17.5. The molecule has 0 aromatic heterocycles. The summed E-state index contributed by atoms with van der Waals surface area (Å²) in [4.78, 5) is 20.3. The Morgan fingerprint density at radius 3 is 2.00 bits per heavy atom. The lowest BCUT2D eigenvalue weighted by Gasteiger charge is -2.03. The number of aldehydes is 1. The van der Waals surface area contributed by atoms with Crippen LogP contribution in [-0.2, 0) is 0 Å². The smallest absolute Gasteiger partial charge is 0.269 e. The minimum absolute atomic E-state index is 0.0375. The molecule has 0 aliphatic heterocycles. The van der Waals surface area contributed by atoms with E-state index < -0.39 is 4.92 Å². The number of carbonyl (C=O) groups is 1. The predicted octanol–water partition coefficient (Wildman–Crippen LogP) is 5.75. The zero-order valence-corrected chi connectivity index (χ0v) is 17.5. The molecule has 7 nitrogen and oxygen atoms in total. The number of nitro groups is 1. The second-order valence-corrected chi connectivity index (χ2v) is 6.01. The first-order chi connectivity index (χ1) is 14.8. The van der Waals surface area contributed by atoms with Crippen LogP contribution in [0.5, 0.6) is 5.75 Å². The molecule has 0 bridgehead atoms. The Kier molecular flexibility index (Phi) is 9.81. The van der Waals surface area contributed by atoms with E-state index in [1.807, 2.05) is 19.9 Å². The maximum atomic E-state index is 10.5. The molecule has 31 heavy (non-hydrogen) atoms. The molecule has 0 unspecified atom stereocenters. The fourth-order valence-corrected chi connectivity index (χ4v) is 2.39. The number of nitro benzene ring substituents is 1. The molecule has 3 aromatic carbocycles. The predicted molar refractivity (Wildman–Crippen MR) is 121 cm³/mol. The summed E-state index contributed by atoms with van der Waals surface area (Å²) in [6, 6.07) is 19.7. The second kappa shape index (κ2) is 12.3. The van der Waals surface area contributed by atoms with Crippen molar-refractivity contribution in [2.45, 2.75) is 20.8 Å². The van der Waals surface area contributed by atoms with Gasteiger partial charge < -0.3 is 10.5 Å². The highest BCUT2D eigenvalue weighted by atomic mass is 16.6. The van der Waals surface area contributed by atoms with Crippen molar-refractivity contribution < 1.29 is 14.8 Å². The summed E-state index contributed by atoms with van der Waals surface area (Å²) in [5.41, 5.74) is 3.71. The van der Waals surface area contributed by atoms with E-state index in [1.54, 1.807) is 55.5 Å². The third-order valence-corrected chi connectivity index (χ3v) is 4.01. The third-order valence-electron chi connectivity index (χ3n) is 4.01. The lowest BCUT2D eigenvalue weighted by atomic mass is 10.0. The standard InChI is InChI=1S/C14H9NO2.C8H8N2O2.C2H6/c15-8-13-6-5-12(7-14(13)17)11-3-1-10(9-16)2-4-11;1-6(9)7-2-4-8(5-3-7)10(11)12;1-2/h1-7,9,17H;2-5,9H,1H3;1-2H3. The summed E-state index contributed by atoms with van der Waals surface area (Å²) in [5, 5.41) is 35.8. The minimum atomic E-state index is -0.455. The van der Waals surface area contributed by atoms with Crippen LogP contribution in [0.2, 0.25) is 0 Å². The van der Waals surface area contributed by atoms with Crippen LogP contribution in [-0.4, -0.2) is 22.0 Å². The first kappa shape index (κ1) is 24.7. The van der Waals surface area contributed by atoms with Gasteiger partial charge in [-0.05, 0) is 47.9 Å². The number of hydrogen-bond donors (Lipinski definition) is 2. The van der Waals surface area contributed by atoms with E-state index in [9.17, 15) is 20.0 Å². The molecule has 158 valence electrons. The Morgan fingerprint density at radius 1 is 1.03 bits per heavy atom. The topological polar surface area (TPSA) is 128 Å². The van der Waals surface area contributed by atoms with Crippen molar-refractivity contribution in [2.75, 3.05) is 0 Å². The van der Waals surface area contributed by atoms with Crippen LogP contribution in [0.25, 0.3) is 11.1 Å². The van der Waals surface area contributed by atoms with Crippen LogP contribution >= 0.6 is 0 Å². The highest BCUT2D eigenvalue weighted by Crippen LogP contribution is 2.26. The molecule has 0 heterocycles. The van der Waals surface area contributed by atoms with Crippen LogP contribution in [0.1, 0.15) is 42.3 Å². The van der Waals surface area contributed by atoms with Crippen molar-refractivity contribution in [3.63, 3.8) is 0 Å². The highest BCUT2D eigenvalue weighted by molar-refractivity contribution is 5.96. The molecule has 0 aliphatic carbocycles. The van der Waals surface area contributed by atoms with Gasteiger partial charge in [-0.25, -0.2) is 0 Å². The van der Waals surface area contributed by atoms with E-state index in [1.165, 1.54) is 18.2 Å². The number of benzene rings is 3. The third kappa shape index (κ3) is 7.22. The van der Waals surface area contributed by atoms with Gasteiger partial charge in [0, 0.05) is 23.4 Å². The summed E-state index contributed by atoms with van der Waals surface area (Å²) in [7, 11) is 0. The van der Waals surface area contributed by atoms with Gasteiger partial charge in [0.2, 0.25) is 0 Å². The minimum Gasteiger partial charge on any atom is -0.507 e. The molecule has 0 radical (unpaired) electrons. The molecule has 0 fully saturated rings. The number of aromatic hydroxyl groups is 1. The van der Waals surface area contributed by atoms with Crippen molar-refractivity contribution in [3.05, 3.63) is 93.5 Å². The van der Waals surface area contributed by atoms with Gasteiger partial charge >= 0.3 is 0 Å². The highest BCUT2D eigenvalue weighted by Gasteiger charge is 2.04. The largest absolute Gasteiger partial charge is 0.507 e. The molecule has 0 aliphatic rings. The quantitative estimate of drug-likeness (QED) is 0.242. The van der Waals surface area contributed by atoms with Gasteiger partial charge in [-0.2, -0.15) is 5.26 Å². The van der Waals surface area contributed by atoms with Gasteiger partial charge in [0.25, 0.3) is 5.69 Å². The molecule has 0 spiro atoms. The SMILES string of the molecule is CC.CC(=N)c1ccc([N+](=O)[O-])cc1.N#Cc1ccc(-c2ccc(C=O)cc2)cc1O. The number of non-ortho nitro benzene ring substituents is 1. The van der Waals surface area contributed by atoms with Crippen LogP contribution in [0.4, 0.5) is 5.69 Å². The summed E-state index contributed by atoms with van der Waals surface area (Å²) >= 11 is 0. The molecular weight excluding hydrogens is 394 g/mol. The van der Waals surface area contributed by atoms with E-state index in [2.05, 4.69) is 0 Å². The fourth-order valence-electron chi connectivity index (χ4n) is 2.39. The molecule has 0 atom stereocenters. The lowest BCUT2D eigenvalue weighted by Crippen LogP contribution is -1.92. The average molecular weight is 417 g/mol. The Bertz CT molecular complexity index is 1050. The van der Waals surface area contributed by atoms with E-state index in [0.717, 1.165) is 17.4 Å². The van der Waals surface area contributed by atoms with Crippen molar-refractivity contribution in [1.29, 1.82) is 10.7 Å². The van der Waals surface area contributed by atoms with Crippen molar-refractivity contribution in [2.24, 2.45) is 0 Å². The van der Waals surface area contributed by atoms with Gasteiger partial charge in [-0.3, -0.25) is 14.9 Å². The monoisotopic (exact) mass is 417 g/mol. The van der Waals surface area contributed by atoms with E-state index >= 15 is 0 Å². The molecule has 3 rings (SSSR count). The van der Waals surface area contributed by atoms with Crippen molar-refractivity contribution >= 4 is 17.7 Å². The van der Waals surface area contributed by atoms with Crippen LogP contribution < -0.4 is 0 Å². The van der Waals surface area contributed by atoms with Gasteiger partial charge in [-0.1, -0.05) is 44.2 Å². The molecule has 0 saturated heterocycles. The molecular formula is C24H23N3O4. The number of nitrogens with zero attached hydrogens (tertiary/aromatic N) is 2. The molecule has 0 amide bonds. The summed E-state index contributed by atoms with van der Waals surface area (Å²) in [6.07, 6.45) is 0.778. The number of carbonyl (C=O) groups excluding carboxylic acids is 1. The first-order valence-corrected chi connectivity index (χ1v) is 9.44. The number of nitrogens with one attached hydrogen (secondary N) is 1. The van der Waals surface area contributed by atoms with E-state index in [4.69, 9.17) is 10.7 Å². The molecule has 0 saturated carbocycles. The van der Waals surface area contributed by atoms with Gasteiger partial charge in [0.1, 0.15) is 18.1 Å². The molecule has 2 N–H and O–H groups in total. The van der Waals surface area contributed by atoms with Gasteiger partial charge in [0.15, 0.2) is 0 Å². The van der Waals surface area contributed by atoms with Crippen molar-refractivity contribution in [1.82, 2.24) is 0 Å². The summed E-state index contributed by atoms with van der Waals surface area (Å²) in [5.74, 6) is -0.0375. The van der Waals surface area contributed by atoms with Crippen LogP contribution in [0, 0.1) is 26.9 Å². The summed E-state index contributed by atoms with van der Waals surface area (Å²) in [6.45, 7) is 5.64. The Labute approximate surface area is 180 Å². The first-order valence-electron chi connectivity index (χ1n) is 9.44. The van der Waals surface area contributed by atoms with Crippen molar-refractivity contribution in [3.8, 4) is 22.9 Å². The molecule has 7 heteroatoms. The van der Waals surface area contributed by atoms with E-state index in [-0.39, 0.29) is 17.0 Å².